The molecule has 1 fully saturated rings. The molecule has 1 saturated heterocycles. The summed E-state index contributed by atoms with van der Waals surface area (Å²) in [6, 6.07) is 15.3. The van der Waals surface area contributed by atoms with Crippen LogP contribution in [0.25, 0.3) is 0 Å². The minimum atomic E-state index is -0.206. The molecule has 0 aromatic heterocycles. The van der Waals surface area contributed by atoms with Gasteiger partial charge < -0.3 is 19.7 Å². The third-order valence-electron chi connectivity index (χ3n) is 5.02. The van der Waals surface area contributed by atoms with Crippen LogP contribution < -0.4 is 19.7 Å². The maximum absolute atomic E-state index is 12.7. The molecule has 6 nitrogen and oxygen atoms in total. The fraction of sp³-hybridized carbons (Fsp3) is 0.381. The number of nitrogens with zero attached hydrogens (tertiary/aromatic N) is 2. The zero-order chi connectivity index (χ0) is 19.2. The monoisotopic (exact) mass is 369 g/mol. The number of para-hydroxylation sites is 2. The number of carbonyl (C=O) groups is 1. The summed E-state index contributed by atoms with van der Waals surface area (Å²) in [4.78, 5) is 17.2. The SMILES string of the molecule is COc1cccc(N2CCN(C(C)C(=O)Nc3ccccc3OC)CC2)c1. The van der Waals surface area contributed by atoms with E-state index in [0.717, 1.165) is 37.6 Å². The quantitative estimate of drug-likeness (QED) is 0.849. The van der Waals surface area contributed by atoms with Crippen LogP contribution in [0.1, 0.15) is 6.92 Å². The Hall–Kier alpha value is -2.73. The first-order valence-corrected chi connectivity index (χ1v) is 9.19. The van der Waals surface area contributed by atoms with Crippen molar-refractivity contribution in [3.63, 3.8) is 0 Å². The average molecular weight is 369 g/mol. The van der Waals surface area contributed by atoms with Crippen molar-refractivity contribution in [2.45, 2.75) is 13.0 Å². The summed E-state index contributed by atoms with van der Waals surface area (Å²) in [5, 5.41) is 2.98. The van der Waals surface area contributed by atoms with E-state index in [4.69, 9.17) is 9.47 Å². The number of methoxy groups -OCH3 is 2. The van der Waals surface area contributed by atoms with E-state index in [1.54, 1.807) is 14.2 Å². The molecule has 2 aromatic rings. The van der Waals surface area contributed by atoms with Crippen LogP contribution in [0.5, 0.6) is 11.5 Å². The number of nitrogens with one attached hydrogen (secondary N) is 1. The molecule has 0 spiro atoms. The minimum Gasteiger partial charge on any atom is -0.497 e. The maximum atomic E-state index is 12.7. The maximum Gasteiger partial charge on any atom is 0.241 e. The van der Waals surface area contributed by atoms with Crippen molar-refractivity contribution in [1.82, 2.24) is 4.90 Å². The van der Waals surface area contributed by atoms with E-state index >= 15 is 0 Å². The summed E-state index contributed by atoms with van der Waals surface area (Å²) in [7, 11) is 3.28. The van der Waals surface area contributed by atoms with Gasteiger partial charge in [0.2, 0.25) is 5.91 Å². The van der Waals surface area contributed by atoms with Gasteiger partial charge in [0, 0.05) is 37.9 Å². The van der Waals surface area contributed by atoms with Crippen molar-refractivity contribution in [2.24, 2.45) is 0 Å². The van der Waals surface area contributed by atoms with E-state index in [9.17, 15) is 4.79 Å². The molecule has 0 aliphatic carbocycles. The van der Waals surface area contributed by atoms with Crippen molar-refractivity contribution in [2.75, 3.05) is 50.6 Å². The number of benzene rings is 2. The van der Waals surface area contributed by atoms with E-state index in [0.29, 0.717) is 11.4 Å². The van der Waals surface area contributed by atoms with Gasteiger partial charge in [0.05, 0.1) is 25.9 Å². The van der Waals surface area contributed by atoms with E-state index in [-0.39, 0.29) is 11.9 Å². The number of amides is 1. The van der Waals surface area contributed by atoms with Gasteiger partial charge in [-0.15, -0.1) is 0 Å². The molecule has 1 unspecified atom stereocenters. The van der Waals surface area contributed by atoms with Gasteiger partial charge in [0.15, 0.2) is 0 Å². The van der Waals surface area contributed by atoms with Gasteiger partial charge in [-0.25, -0.2) is 0 Å². The van der Waals surface area contributed by atoms with Gasteiger partial charge in [0.25, 0.3) is 0 Å². The highest BCUT2D eigenvalue weighted by Gasteiger charge is 2.26. The summed E-state index contributed by atoms with van der Waals surface area (Å²) in [5.41, 5.74) is 1.85. The summed E-state index contributed by atoms with van der Waals surface area (Å²) < 4.78 is 10.6. The Balaban J connectivity index is 1.57. The first-order chi connectivity index (χ1) is 13.1. The first kappa shape index (κ1) is 19.0. The molecule has 1 heterocycles. The second-order valence-corrected chi connectivity index (χ2v) is 6.59. The fourth-order valence-corrected chi connectivity index (χ4v) is 3.33. The molecule has 1 aliphatic heterocycles. The molecule has 2 aromatic carbocycles. The summed E-state index contributed by atoms with van der Waals surface area (Å²) in [6.07, 6.45) is 0. The molecule has 144 valence electrons. The Morgan fingerprint density at radius 3 is 2.44 bits per heavy atom. The molecule has 27 heavy (non-hydrogen) atoms. The molecule has 6 heteroatoms. The van der Waals surface area contributed by atoms with Crippen LogP contribution in [0, 0.1) is 0 Å². The Kier molecular flexibility index (Phi) is 6.19. The smallest absolute Gasteiger partial charge is 0.241 e. The summed E-state index contributed by atoms with van der Waals surface area (Å²) in [6.45, 7) is 5.36. The predicted octanol–water partition coefficient (Wildman–Crippen LogP) is 2.85. The van der Waals surface area contributed by atoms with Gasteiger partial charge in [-0.3, -0.25) is 9.69 Å². The second kappa shape index (κ2) is 8.77. The predicted molar refractivity (Wildman–Crippen MR) is 108 cm³/mol. The van der Waals surface area contributed by atoms with E-state index in [1.807, 2.05) is 49.4 Å². The van der Waals surface area contributed by atoms with Crippen LogP contribution in [0.3, 0.4) is 0 Å². The number of hydrogen-bond acceptors (Lipinski definition) is 5. The third-order valence-corrected chi connectivity index (χ3v) is 5.02. The fourth-order valence-electron chi connectivity index (χ4n) is 3.33. The van der Waals surface area contributed by atoms with Crippen molar-refractivity contribution >= 4 is 17.3 Å². The van der Waals surface area contributed by atoms with E-state index in [2.05, 4.69) is 21.2 Å². The third kappa shape index (κ3) is 4.52. The van der Waals surface area contributed by atoms with Crippen LogP contribution in [0.2, 0.25) is 0 Å². The number of ether oxygens (including phenoxy) is 2. The lowest BCUT2D eigenvalue weighted by Crippen LogP contribution is -2.52. The molecule has 1 aliphatic rings. The number of piperazine rings is 1. The first-order valence-electron chi connectivity index (χ1n) is 9.19. The molecular formula is C21H27N3O3. The molecule has 1 amide bonds. The topological polar surface area (TPSA) is 54.0 Å². The molecular weight excluding hydrogens is 342 g/mol. The van der Waals surface area contributed by atoms with E-state index < -0.39 is 0 Å². The molecule has 3 rings (SSSR count). The number of rotatable bonds is 6. The zero-order valence-corrected chi connectivity index (χ0v) is 16.1. The van der Waals surface area contributed by atoms with Gasteiger partial charge in [-0.1, -0.05) is 18.2 Å². The second-order valence-electron chi connectivity index (χ2n) is 6.59. The van der Waals surface area contributed by atoms with Crippen molar-refractivity contribution in [3.05, 3.63) is 48.5 Å². The molecule has 1 atom stereocenters. The molecule has 0 saturated carbocycles. The number of anilines is 2. The summed E-state index contributed by atoms with van der Waals surface area (Å²) in [5.74, 6) is 1.51. The summed E-state index contributed by atoms with van der Waals surface area (Å²) >= 11 is 0. The highest BCUT2D eigenvalue weighted by molar-refractivity contribution is 5.95. The number of carbonyl (C=O) groups excluding carboxylic acids is 1. The highest BCUT2D eigenvalue weighted by atomic mass is 16.5. The Morgan fingerprint density at radius 2 is 1.74 bits per heavy atom. The van der Waals surface area contributed by atoms with Gasteiger partial charge >= 0.3 is 0 Å². The normalized spacial score (nSPS) is 15.9. The lowest BCUT2D eigenvalue weighted by Gasteiger charge is -2.38. The van der Waals surface area contributed by atoms with Crippen molar-refractivity contribution in [3.8, 4) is 11.5 Å². The van der Waals surface area contributed by atoms with Crippen LogP contribution in [0.4, 0.5) is 11.4 Å². The van der Waals surface area contributed by atoms with Gasteiger partial charge in [-0.2, -0.15) is 0 Å². The van der Waals surface area contributed by atoms with Crippen LogP contribution in [-0.4, -0.2) is 57.2 Å². The highest BCUT2D eigenvalue weighted by Crippen LogP contribution is 2.25. The Bertz CT molecular complexity index is 773. The van der Waals surface area contributed by atoms with Crippen molar-refractivity contribution in [1.29, 1.82) is 0 Å². The van der Waals surface area contributed by atoms with Crippen LogP contribution in [-0.2, 0) is 4.79 Å². The van der Waals surface area contributed by atoms with Gasteiger partial charge in [0.1, 0.15) is 11.5 Å². The lowest BCUT2D eigenvalue weighted by molar-refractivity contribution is -0.120. The van der Waals surface area contributed by atoms with Crippen LogP contribution in [0.15, 0.2) is 48.5 Å². The molecule has 0 radical (unpaired) electrons. The average Bonchev–Trinajstić information content (AvgIpc) is 2.73. The Morgan fingerprint density at radius 1 is 1.00 bits per heavy atom. The zero-order valence-electron chi connectivity index (χ0n) is 16.1. The Labute approximate surface area is 160 Å². The largest absolute Gasteiger partial charge is 0.497 e. The van der Waals surface area contributed by atoms with Crippen molar-refractivity contribution < 1.29 is 14.3 Å². The minimum absolute atomic E-state index is 0.0191. The van der Waals surface area contributed by atoms with Gasteiger partial charge in [-0.05, 0) is 31.2 Å². The standard InChI is InChI=1S/C21H27N3O3/c1-16(21(25)22-19-9-4-5-10-20(19)27-3)23-11-13-24(14-12-23)17-7-6-8-18(15-17)26-2/h4-10,15-16H,11-14H2,1-3H3,(H,22,25). The lowest BCUT2D eigenvalue weighted by atomic mass is 10.2. The molecule has 1 N–H and O–H groups in total. The van der Waals surface area contributed by atoms with E-state index in [1.165, 1.54) is 0 Å². The molecule has 0 bridgehead atoms. The number of hydrogen-bond donors (Lipinski definition) is 1. The van der Waals surface area contributed by atoms with Crippen LogP contribution >= 0.6 is 0 Å².